The van der Waals surface area contributed by atoms with Gasteiger partial charge in [0.25, 0.3) is 0 Å². The van der Waals surface area contributed by atoms with Crippen LogP contribution in [0.1, 0.15) is 49.1 Å². The molecule has 2 saturated heterocycles. The van der Waals surface area contributed by atoms with E-state index in [1.807, 2.05) is 19.1 Å². The predicted octanol–water partition coefficient (Wildman–Crippen LogP) is 4.64. The summed E-state index contributed by atoms with van der Waals surface area (Å²) in [6.07, 6.45) is 4.66. The fraction of sp³-hybridized carbons (Fsp3) is 0.444. The van der Waals surface area contributed by atoms with Gasteiger partial charge < -0.3 is 21.3 Å². The van der Waals surface area contributed by atoms with E-state index in [9.17, 15) is 9.18 Å². The molecule has 3 heterocycles. The molecule has 2 aliphatic heterocycles. The lowest BCUT2D eigenvalue weighted by molar-refractivity contribution is 0.246. The van der Waals surface area contributed by atoms with Gasteiger partial charge in [0.1, 0.15) is 11.5 Å². The van der Waals surface area contributed by atoms with Crippen molar-refractivity contribution in [3.05, 3.63) is 52.3 Å². The number of nitrogens with two attached hydrogens (primary N) is 1. The Morgan fingerprint density at radius 3 is 2.64 bits per heavy atom. The molecule has 3 unspecified atom stereocenters. The third-order valence-electron chi connectivity index (χ3n) is 7.93. The molecule has 4 N–H and O–H groups in total. The van der Waals surface area contributed by atoms with Crippen molar-refractivity contribution < 1.29 is 9.18 Å². The van der Waals surface area contributed by atoms with Gasteiger partial charge in [-0.3, -0.25) is 0 Å². The molecule has 1 aliphatic carbocycles. The van der Waals surface area contributed by atoms with Crippen LogP contribution in [-0.2, 0) is 0 Å². The number of urea groups is 1. The van der Waals surface area contributed by atoms with Gasteiger partial charge in [-0.2, -0.15) is 0 Å². The number of rotatable bonds is 3. The van der Waals surface area contributed by atoms with Crippen LogP contribution in [-0.4, -0.2) is 47.4 Å². The van der Waals surface area contributed by atoms with Crippen molar-refractivity contribution in [3.63, 3.8) is 0 Å². The average molecular weight is 509 g/mol. The SMILES string of the molecule is Cc1cc(F)cc(-c2nnc3cc(Cl)c(C4CCCC5NC(=O)NC54)cc3c2N2CCC(N)CC2)c1. The fourth-order valence-corrected chi connectivity index (χ4v) is 6.49. The topological polar surface area (TPSA) is 96.2 Å². The van der Waals surface area contributed by atoms with Crippen LogP contribution >= 0.6 is 11.6 Å². The van der Waals surface area contributed by atoms with Gasteiger partial charge in [0.2, 0.25) is 0 Å². The van der Waals surface area contributed by atoms with E-state index >= 15 is 0 Å². The van der Waals surface area contributed by atoms with Gasteiger partial charge >= 0.3 is 6.03 Å². The van der Waals surface area contributed by atoms with Crippen molar-refractivity contribution >= 4 is 34.2 Å². The summed E-state index contributed by atoms with van der Waals surface area (Å²) in [6.45, 7) is 3.45. The van der Waals surface area contributed by atoms with E-state index in [1.165, 1.54) is 12.1 Å². The normalized spacial score (nSPS) is 24.5. The molecule has 2 aromatic carbocycles. The Labute approximate surface area is 214 Å². The molecular weight excluding hydrogens is 479 g/mol. The number of amides is 2. The average Bonchev–Trinajstić information content (AvgIpc) is 3.23. The number of carbonyl (C=O) groups is 1. The van der Waals surface area contributed by atoms with E-state index in [-0.39, 0.29) is 35.9 Å². The molecule has 9 heteroatoms. The molecule has 0 bridgehead atoms. The first-order valence-electron chi connectivity index (χ1n) is 12.7. The number of aryl methyl sites for hydroxylation is 1. The van der Waals surface area contributed by atoms with E-state index in [1.54, 1.807) is 0 Å². The molecule has 2 amide bonds. The summed E-state index contributed by atoms with van der Waals surface area (Å²) in [4.78, 5) is 14.4. The number of carbonyl (C=O) groups excluding carboxylic acids is 1. The minimum atomic E-state index is -0.298. The number of aromatic nitrogens is 2. The number of nitrogens with one attached hydrogen (secondary N) is 2. The molecule has 3 aliphatic rings. The zero-order chi connectivity index (χ0) is 25.0. The summed E-state index contributed by atoms with van der Waals surface area (Å²) in [5.41, 5.74) is 11.1. The predicted molar refractivity (Wildman–Crippen MR) is 140 cm³/mol. The highest BCUT2D eigenvalue weighted by atomic mass is 35.5. The first-order valence-corrected chi connectivity index (χ1v) is 13.1. The molecule has 36 heavy (non-hydrogen) atoms. The van der Waals surface area contributed by atoms with Crippen molar-refractivity contribution in [3.8, 4) is 11.3 Å². The third kappa shape index (κ3) is 4.16. The summed E-state index contributed by atoms with van der Waals surface area (Å²) < 4.78 is 14.4. The zero-order valence-electron chi connectivity index (χ0n) is 20.2. The largest absolute Gasteiger partial charge is 0.369 e. The van der Waals surface area contributed by atoms with Crippen LogP contribution < -0.4 is 21.3 Å². The Morgan fingerprint density at radius 1 is 1.06 bits per heavy atom. The second-order valence-corrected chi connectivity index (χ2v) is 10.8. The maximum atomic E-state index is 14.4. The van der Waals surface area contributed by atoms with Gasteiger partial charge in [0.15, 0.2) is 0 Å². The molecule has 1 aromatic heterocycles. The standard InChI is InChI=1S/C27H30ClFN6O/c1-14-9-15(11-16(29)10-14)24-26(35-7-5-17(30)6-8-35)20-12-19(21(28)13-23(20)33-34-24)18-3-2-4-22-25(18)32-27(36)31-22/h9-13,17-18,22,25H,2-8,30H2,1H3,(H2,31,32,36). The molecule has 1 saturated carbocycles. The first-order chi connectivity index (χ1) is 17.4. The molecular formula is C27H30ClFN6O. The highest BCUT2D eigenvalue weighted by Crippen LogP contribution is 2.43. The highest BCUT2D eigenvalue weighted by Gasteiger charge is 2.41. The Kier molecular flexibility index (Phi) is 5.96. The number of hydrogen-bond donors (Lipinski definition) is 3. The van der Waals surface area contributed by atoms with Crippen molar-refractivity contribution in [2.45, 2.75) is 63.1 Å². The number of fused-ring (bicyclic) bond motifs is 2. The molecule has 3 aromatic rings. The molecule has 0 spiro atoms. The lowest BCUT2D eigenvalue weighted by Crippen LogP contribution is -2.42. The second-order valence-electron chi connectivity index (χ2n) is 10.4. The first kappa shape index (κ1) is 23.4. The van der Waals surface area contributed by atoms with Crippen molar-refractivity contribution in [2.24, 2.45) is 5.73 Å². The van der Waals surface area contributed by atoms with Gasteiger partial charge in [-0.15, -0.1) is 10.2 Å². The highest BCUT2D eigenvalue weighted by molar-refractivity contribution is 6.32. The zero-order valence-corrected chi connectivity index (χ0v) is 21.0. The molecule has 7 nitrogen and oxygen atoms in total. The summed E-state index contributed by atoms with van der Waals surface area (Å²) in [5.74, 6) is -0.205. The van der Waals surface area contributed by atoms with Gasteiger partial charge in [0, 0.05) is 41.0 Å². The van der Waals surface area contributed by atoms with E-state index < -0.39 is 0 Å². The summed E-state index contributed by atoms with van der Waals surface area (Å²) >= 11 is 6.84. The van der Waals surface area contributed by atoms with E-state index in [0.717, 1.165) is 67.4 Å². The van der Waals surface area contributed by atoms with Crippen LogP contribution in [0.25, 0.3) is 22.2 Å². The summed E-state index contributed by atoms with van der Waals surface area (Å²) in [6, 6.07) is 9.14. The van der Waals surface area contributed by atoms with E-state index in [2.05, 4.69) is 31.8 Å². The van der Waals surface area contributed by atoms with Crippen LogP contribution in [0.2, 0.25) is 5.02 Å². The Morgan fingerprint density at radius 2 is 1.86 bits per heavy atom. The lowest BCUT2D eigenvalue weighted by atomic mass is 9.77. The smallest absolute Gasteiger partial charge is 0.315 e. The minimum absolute atomic E-state index is 0.00206. The third-order valence-corrected chi connectivity index (χ3v) is 8.26. The van der Waals surface area contributed by atoms with Crippen LogP contribution in [0.4, 0.5) is 14.9 Å². The van der Waals surface area contributed by atoms with E-state index in [4.69, 9.17) is 17.3 Å². The van der Waals surface area contributed by atoms with Crippen LogP contribution in [0.15, 0.2) is 30.3 Å². The van der Waals surface area contributed by atoms with E-state index in [0.29, 0.717) is 21.8 Å². The maximum Gasteiger partial charge on any atom is 0.315 e. The maximum absolute atomic E-state index is 14.4. The molecule has 3 fully saturated rings. The van der Waals surface area contributed by atoms with Crippen molar-refractivity contribution in [1.29, 1.82) is 0 Å². The quantitative estimate of drug-likeness (QED) is 0.479. The van der Waals surface area contributed by atoms with Gasteiger partial charge in [-0.05, 0) is 74.1 Å². The fourth-order valence-electron chi connectivity index (χ4n) is 6.20. The Bertz CT molecular complexity index is 1320. The van der Waals surface area contributed by atoms with Gasteiger partial charge in [-0.1, -0.05) is 18.0 Å². The number of nitrogens with zero attached hydrogens (tertiary/aromatic N) is 3. The molecule has 0 radical (unpaired) electrons. The van der Waals surface area contributed by atoms with Crippen LogP contribution in [0, 0.1) is 12.7 Å². The molecule has 6 rings (SSSR count). The number of benzene rings is 2. The lowest BCUT2D eigenvalue weighted by Gasteiger charge is -2.35. The molecule has 3 atom stereocenters. The van der Waals surface area contributed by atoms with Crippen molar-refractivity contribution in [2.75, 3.05) is 18.0 Å². The van der Waals surface area contributed by atoms with Gasteiger partial charge in [-0.25, -0.2) is 9.18 Å². The number of piperidine rings is 1. The minimum Gasteiger partial charge on any atom is -0.369 e. The number of hydrogen-bond acceptors (Lipinski definition) is 5. The monoisotopic (exact) mass is 508 g/mol. The Hall–Kier alpha value is -2.97. The molecule has 188 valence electrons. The van der Waals surface area contributed by atoms with Crippen molar-refractivity contribution in [1.82, 2.24) is 20.8 Å². The number of halogens is 2. The van der Waals surface area contributed by atoms with Crippen LogP contribution in [0.5, 0.6) is 0 Å². The summed E-state index contributed by atoms with van der Waals surface area (Å²) in [7, 11) is 0. The second kappa shape index (κ2) is 9.16. The summed E-state index contributed by atoms with van der Waals surface area (Å²) in [5, 5.41) is 16.8. The number of anilines is 1. The van der Waals surface area contributed by atoms with Gasteiger partial charge in [0.05, 0.1) is 23.3 Å². The van der Waals surface area contributed by atoms with Crippen LogP contribution in [0.3, 0.4) is 0 Å². The Balaban J connectivity index is 1.54.